The van der Waals surface area contributed by atoms with Crippen LogP contribution < -0.4 is 9.16 Å². The highest BCUT2D eigenvalue weighted by atomic mass is 27.1. The highest BCUT2D eigenvalue weighted by Crippen LogP contribution is 2.20. The molecule has 0 N–H and O–H groups in total. The van der Waals surface area contributed by atoms with Gasteiger partial charge in [0.15, 0.2) is 0 Å². The van der Waals surface area contributed by atoms with E-state index in [0.29, 0.717) is 0 Å². The Morgan fingerprint density at radius 2 is 1.79 bits per heavy atom. The van der Waals surface area contributed by atoms with Crippen molar-refractivity contribution in [3.63, 3.8) is 0 Å². The van der Waals surface area contributed by atoms with E-state index in [1.165, 1.54) is 6.92 Å². The van der Waals surface area contributed by atoms with Gasteiger partial charge in [-0.3, -0.25) is 4.79 Å². The fourth-order valence-electron chi connectivity index (χ4n) is 1.58. The van der Waals surface area contributed by atoms with Gasteiger partial charge in [-0.1, -0.05) is 34.3 Å². The van der Waals surface area contributed by atoms with Crippen LogP contribution in [0, 0.1) is 6.92 Å². The molecule has 0 saturated carbocycles. The third kappa shape index (κ3) is 4.13. The van der Waals surface area contributed by atoms with E-state index < -0.39 is 15.6 Å². The molecular formula is C15H14AlO3. The Balaban J connectivity index is 2.14. The molecule has 0 fully saturated rings. The summed E-state index contributed by atoms with van der Waals surface area (Å²) in [5.41, 5.74) is 1.11. The third-order valence-electron chi connectivity index (χ3n) is 2.58. The van der Waals surface area contributed by atoms with E-state index in [1.807, 2.05) is 55.5 Å². The quantitative estimate of drug-likeness (QED) is 0.800. The number of aryl methyl sites for hydroxylation is 1. The first-order valence-corrected chi connectivity index (χ1v) is 7.04. The maximum Gasteiger partial charge on any atom is 0.572 e. The Hall–Kier alpha value is -1.76. The van der Waals surface area contributed by atoms with E-state index in [0.717, 1.165) is 21.5 Å². The van der Waals surface area contributed by atoms with Crippen LogP contribution in [0.15, 0.2) is 48.5 Å². The number of hydrogen-bond acceptors (Lipinski definition) is 3. The molecule has 1 radical (unpaired) electrons. The van der Waals surface area contributed by atoms with Gasteiger partial charge in [-0.2, -0.15) is 0 Å². The van der Waals surface area contributed by atoms with Gasteiger partial charge in [0.05, 0.1) is 0 Å². The number of hydrogen-bond donors (Lipinski definition) is 0. The van der Waals surface area contributed by atoms with Crippen LogP contribution in [0.1, 0.15) is 12.5 Å². The summed E-state index contributed by atoms with van der Waals surface area (Å²) in [5.74, 6) is 1.30. The number of carbonyl (C=O) groups excluding carboxylic acids is 1. The van der Waals surface area contributed by atoms with Crippen molar-refractivity contribution in [3.05, 3.63) is 54.1 Å². The predicted octanol–water partition coefficient (Wildman–Crippen LogP) is 2.59. The first kappa shape index (κ1) is 13.7. The molecule has 0 aromatic heterocycles. The van der Waals surface area contributed by atoms with Crippen LogP contribution in [0.2, 0.25) is 0 Å². The molecule has 2 aromatic carbocycles. The van der Waals surface area contributed by atoms with Crippen LogP contribution in [-0.4, -0.2) is 21.5 Å². The summed E-state index contributed by atoms with van der Waals surface area (Å²) < 4.78 is 11.9. The SMILES string of the molecule is CC(=O)[O][Al][c]1cc(Oc2ccccc2)ccc1C. The smallest absolute Gasteiger partial charge is 0.572 e. The van der Waals surface area contributed by atoms with Crippen molar-refractivity contribution in [2.75, 3.05) is 0 Å². The molecule has 4 heteroatoms. The van der Waals surface area contributed by atoms with Crippen molar-refractivity contribution in [2.45, 2.75) is 13.8 Å². The van der Waals surface area contributed by atoms with Gasteiger partial charge >= 0.3 is 15.6 Å². The van der Waals surface area contributed by atoms with Crippen molar-refractivity contribution < 1.29 is 13.3 Å². The summed E-state index contributed by atoms with van der Waals surface area (Å²) in [7, 11) is 0. The normalized spacial score (nSPS) is 9.79. The molecule has 0 atom stereocenters. The minimum absolute atomic E-state index is 0.246. The van der Waals surface area contributed by atoms with Crippen LogP contribution in [0.3, 0.4) is 0 Å². The molecule has 0 aliphatic carbocycles. The lowest BCUT2D eigenvalue weighted by Gasteiger charge is -2.09. The molecule has 0 unspecified atom stereocenters. The highest BCUT2D eigenvalue weighted by Gasteiger charge is 2.09. The zero-order valence-electron chi connectivity index (χ0n) is 10.9. The molecular weight excluding hydrogens is 255 g/mol. The van der Waals surface area contributed by atoms with Crippen LogP contribution in [0.4, 0.5) is 0 Å². The largest absolute Gasteiger partial charge is 0.618 e. The molecule has 0 bridgehead atoms. The van der Waals surface area contributed by atoms with Crippen molar-refractivity contribution in [3.8, 4) is 11.5 Å². The fraction of sp³-hybridized carbons (Fsp3) is 0.133. The second-order valence-electron chi connectivity index (χ2n) is 4.16. The monoisotopic (exact) mass is 269 g/mol. The van der Waals surface area contributed by atoms with Crippen LogP contribution in [0.25, 0.3) is 0 Å². The summed E-state index contributed by atoms with van der Waals surface area (Å²) >= 11 is -0.508. The van der Waals surface area contributed by atoms with Gasteiger partial charge in [-0.05, 0) is 31.2 Å². The van der Waals surface area contributed by atoms with Crippen molar-refractivity contribution in [2.24, 2.45) is 0 Å². The molecule has 19 heavy (non-hydrogen) atoms. The van der Waals surface area contributed by atoms with Crippen LogP contribution >= 0.6 is 0 Å². The maximum absolute atomic E-state index is 10.9. The van der Waals surface area contributed by atoms with Gasteiger partial charge in [0.1, 0.15) is 11.5 Å². The van der Waals surface area contributed by atoms with E-state index in [4.69, 9.17) is 8.53 Å². The molecule has 0 saturated heterocycles. The lowest BCUT2D eigenvalue weighted by atomic mass is 10.2. The third-order valence-corrected chi connectivity index (χ3v) is 3.91. The number of ether oxygens (including phenoxy) is 1. The summed E-state index contributed by atoms with van der Waals surface area (Å²) in [5, 5.41) is 0. The summed E-state index contributed by atoms with van der Waals surface area (Å²) in [6.45, 7) is 3.42. The highest BCUT2D eigenvalue weighted by molar-refractivity contribution is 6.49. The molecule has 3 nitrogen and oxygen atoms in total. The minimum Gasteiger partial charge on any atom is -0.618 e. The Kier molecular flexibility index (Phi) is 4.62. The summed E-state index contributed by atoms with van der Waals surface area (Å²) in [6, 6.07) is 15.4. The lowest BCUT2D eigenvalue weighted by molar-refractivity contribution is -0.131. The zero-order valence-corrected chi connectivity index (χ0v) is 12.1. The van der Waals surface area contributed by atoms with E-state index in [1.54, 1.807) is 0 Å². The number of rotatable bonds is 4. The molecule has 0 aliphatic rings. The van der Waals surface area contributed by atoms with Crippen molar-refractivity contribution in [1.29, 1.82) is 0 Å². The average Bonchev–Trinajstić information content (AvgIpc) is 2.40. The van der Waals surface area contributed by atoms with Gasteiger partial charge < -0.3 is 8.53 Å². The molecule has 2 aromatic rings. The number of para-hydroxylation sites is 1. The molecule has 0 aliphatic heterocycles. The van der Waals surface area contributed by atoms with Crippen LogP contribution in [-0.2, 0) is 8.58 Å². The number of carbonyl (C=O) groups is 1. The molecule has 95 valence electrons. The Morgan fingerprint density at radius 1 is 1.05 bits per heavy atom. The second-order valence-corrected chi connectivity index (χ2v) is 5.25. The fourth-order valence-corrected chi connectivity index (χ4v) is 2.39. The Bertz CT molecular complexity index is 567. The predicted molar refractivity (Wildman–Crippen MR) is 74.8 cm³/mol. The van der Waals surface area contributed by atoms with Gasteiger partial charge in [0.2, 0.25) is 0 Å². The average molecular weight is 269 g/mol. The van der Waals surface area contributed by atoms with E-state index in [-0.39, 0.29) is 5.97 Å². The molecule has 0 amide bonds. The first-order valence-electron chi connectivity index (χ1n) is 5.99. The zero-order chi connectivity index (χ0) is 13.7. The van der Waals surface area contributed by atoms with E-state index >= 15 is 0 Å². The molecule has 0 spiro atoms. The van der Waals surface area contributed by atoms with Gasteiger partial charge in [0, 0.05) is 6.92 Å². The van der Waals surface area contributed by atoms with E-state index in [9.17, 15) is 4.79 Å². The Labute approximate surface area is 119 Å². The molecule has 2 rings (SSSR count). The molecule has 0 heterocycles. The van der Waals surface area contributed by atoms with E-state index in [2.05, 4.69) is 0 Å². The summed E-state index contributed by atoms with van der Waals surface area (Å²) in [4.78, 5) is 10.9. The van der Waals surface area contributed by atoms with Crippen molar-refractivity contribution in [1.82, 2.24) is 0 Å². The number of benzene rings is 2. The van der Waals surface area contributed by atoms with Gasteiger partial charge in [0.25, 0.3) is 5.97 Å². The van der Waals surface area contributed by atoms with Gasteiger partial charge in [-0.15, -0.1) is 0 Å². The maximum atomic E-state index is 10.9. The van der Waals surface area contributed by atoms with Gasteiger partial charge in [-0.25, -0.2) is 0 Å². The first-order chi connectivity index (χ1) is 9.15. The topological polar surface area (TPSA) is 35.5 Å². The van der Waals surface area contributed by atoms with Crippen molar-refractivity contribution >= 4 is 25.9 Å². The standard InChI is InChI=1S/C13H11O.C2H4O2.Al/c1-11-7-9-13(10-8-11)14-12-5-3-2-4-6-12;1-2(3)4;/h2-7,9-10H,1H3;1H3,(H,3,4);/q;;+1/p-1. The second kappa shape index (κ2) is 6.42. The lowest BCUT2D eigenvalue weighted by Crippen LogP contribution is -2.22. The van der Waals surface area contributed by atoms with Crippen LogP contribution in [0.5, 0.6) is 11.5 Å². The summed E-state index contributed by atoms with van der Waals surface area (Å²) in [6.07, 6.45) is 0. The Morgan fingerprint density at radius 3 is 2.47 bits per heavy atom. The minimum atomic E-state index is -0.508.